The maximum Gasteiger partial charge on any atom is 0.319 e. The predicted octanol–water partition coefficient (Wildman–Crippen LogP) is 6.70. The molecule has 248 valence electrons. The summed E-state index contributed by atoms with van der Waals surface area (Å²) in [5.41, 5.74) is 8.50. The molecule has 0 fully saturated rings. The van der Waals surface area contributed by atoms with Gasteiger partial charge in [0.05, 0.1) is 25.3 Å². The van der Waals surface area contributed by atoms with Crippen LogP contribution >= 0.6 is 22.7 Å². The molecule has 14 heteroatoms. The summed E-state index contributed by atoms with van der Waals surface area (Å²) < 4.78 is 10.5. The Balaban J connectivity index is 0.000000217. The fourth-order valence-corrected chi connectivity index (χ4v) is 6.42. The third-order valence-corrected chi connectivity index (χ3v) is 8.83. The topological polar surface area (TPSA) is 173 Å². The van der Waals surface area contributed by atoms with Crippen molar-refractivity contribution in [2.75, 3.05) is 44.3 Å². The Labute approximate surface area is 285 Å². The molecule has 0 radical (unpaired) electrons. The first-order valence-electron chi connectivity index (χ1n) is 14.4. The lowest BCUT2D eigenvalue weighted by atomic mass is 10.1. The molecular formula is C34H34N6O6S2. The van der Waals surface area contributed by atoms with Gasteiger partial charge in [-0.15, -0.1) is 22.7 Å². The number of urea groups is 2. The number of nitrogens with two attached hydrogens (primary N) is 1. The summed E-state index contributed by atoms with van der Waals surface area (Å²) in [6.07, 6.45) is 0. The minimum atomic E-state index is -0.703. The van der Waals surface area contributed by atoms with Crippen molar-refractivity contribution in [2.45, 2.75) is 0 Å². The zero-order chi connectivity index (χ0) is 34.6. The molecule has 0 atom stereocenters. The van der Waals surface area contributed by atoms with Gasteiger partial charge in [-0.3, -0.25) is 20.2 Å². The largest absolute Gasteiger partial charge is 0.493 e. The molecule has 48 heavy (non-hydrogen) atoms. The number of hydrogen-bond donors (Lipinski definition) is 6. The van der Waals surface area contributed by atoms with E-state index in [-0.39, 0.29) is 17.8 Å². The van der Waals surface area contributed by atoms with Crippen LogP contribution in [0.1, 0.15) is 20.7 Å². The minimum absolute atomic E-state index is 0.274. The van der Waals surface area contributed by atoms with Gasteiger partial charge < -0.3 is 31.2 Å². The van der Waals surface area contributed by atoms with E-state index >= 15 is 0 Å². The number of carbonyl (C=O) groups is 4. The van der Waals surface area contributed by atoms with E-state index in [1.807, 2.05) is 60.7 Å². The molecule has 5 rings (SSSR count). The lowest BCUT2D eigenvalue weighted by Crippen LogP contribution is -2.26. The van der Waals surface area contributed by atoms with Gasteiger partial charge in [-0.25, -0.2) is 9.59 Å². The first kappa shape index (κ1) is 35.0. The number of anilines is 3. The molecule has 0 aliphatic carbocycles. The summed E-state index contributed by atoms with van der Waals surface area (Å²) >= 11 is 2.61. The van der Waals surface area contributed by atoms with E-state index in [1.165, 1.54) is 29.7 Å². The molecule has 12 nitrogen and oxygen atoms in total. The third-order valence-electron chi connectivity index (χ3n) is 6.63. The number of rotatable bonds is 9. The van der Waals surface area contributed by atoms with Crippen LogP contribution in [0.3, 0.4) is 0 Å². The first-order chi connectivity index (χ1) is 23.2. The molecule has 7 N–H and O–H groups in total. The van der Waals surface area contributed by atoms with Crippen LogP contribution in [-0.4, -0.2) is 52.2 Å². The van der Waals surface area contributed by atoms with Crippen molar-refractivity contribution in [1.29, 1.82) is 0 Å². The Kier molecular flexibility index (Phi) is 12.1. The van der Waals surface area contributed by atoms with E-state index in [4.69, 9.17) is 15.2 Å². The summed E-state index contributed by atoms with van der Waals surface area (Å²) in [5, 5.41) is 13.9. The van der Waals surface area contributed by atoms with E-state index in [2.05, 4.69) is 26.6 Å². The van der Waals surface area contributed by atoms with Crippen molar-refractivity contribution in [3.8, 4) is 32.4 Å². The molecule has 0 saturated heterocycles. The molecule has 0 unspecified atom stereocenters. The van der Waals surface area contributed by atoms with Crippen LogP contribution in [-0.2, 0) is 0 Å². The van der Waals surface area contributed by atoms with E-state index in [9.17, 15) is 19.2 Å². The number of nitrogens with one attached hydrogen (secondary N) is 5. The number of primary amides is 1. The van der Waals surface area contributed by atoms with Gasteiger partial charge in [0.15, 0.2) is 11.5 Å². The lowest BCUT2D eigenvalue weighted by molar-refractivity contribution is 0.0963. The maximum atomic E-state index is 12.6. The van der Waals surface area contributed by atoms with Crippen molar-refractivity contribution < 1.29 is 28.7 Å². The molecular weight excluding hydrogens is 653 g/mol. The fourth-order valence-electron chi connectivity index (χ4n) is 4.31. The maximum absolute atomic E-state index is 12.6. The van der Waals surface area contributed by atoms with Gasteiger partial charge in [-0.05, 0) is 53.6 Å². The average Bonchev–Trinajstić information content (AvgIpc) is 3.73. The summed E-state index contributed by atoms with van der Waals surface area (Å²) in [6.45, 7) is 0. The van der Waals surface area contributed by atoms with E-state index in [0.717, 1.165) is 20.9 Å². The van der Waals surface area contributed by atoms with E-state index < -0.39 is 6.03 Å². The predicted molar refractivity (Wildman–Crippen MR) is 192 cm³/mol. The third kappa shape index (κ3) is 8.90. The average molecular weight is 687 g/mol. The zero-order valence-electron chi connectivity index (χ0n) is 26.5. The summed E-state index contributed by atoms with van der Waals surface area (Å²) in [4.78, 5) is 49.1. The van der Waals surface area contributed by atoms with Crippen molar-refractivity contribution in [1.82, 2.24) is 10.6 Å². The molecule has 0 spiro atoms. The van der Waals surface area contributed by atoms with Crippen molar-refractivity contribution in [2.24, 2.45) is 5.73 Å². The number of methoxy groups -OCH3 is 2. The van der Waals surface area contributed by atoms with Gasteiger partial charge in [-0.2, -0.15) is 0 Å². The molecule has 0 bridgehead atoms. The standard InChI is InChI=1S/C18H15N3O2S.C16H19N3O4S/c19-18(23)21-17-14(16(22)20-13-9-5-2-6-10-13)11-15(24-17)12-7-3-1-4-8-12;1-17-14(20)10-8-13(24-15(10)19-16(21)18-2)9-5-6-11(22-3)12(7-9)23-4/h1-11H,(H,20,22)(H3,19,21,23);5-8H,1-4H3,(H,17,20)(H2,18,19,21). The Morgan fingerprint density at radius 1 is 0.604 bits per heavy atom. The quantitative estimate of drug-likeness (QED) is 0.101. The highest BCUT2D eigenvalue weighted by Gasteiger charge is 2.20. The highest BCUT2D eigenvalue weighted by Crippen LogP contribution is 2.39. The van der Waals surface area contributed by atoms with Crippen LogP contribution in [0.15, 0.2) is 91.0 Å². The zero-order valence-corrected chi connectivity index (χ0v) is 28.1. The molecule has 0 aliphatic rings. The smallest absolute Gasteiger partial charge is 0.319 e. The van der Waals surface area contributed by atoms with E-state index in [1.54, 1.807) is 51.6 Å². The molecule has 3 aromatic carbocycles. The first-order valence-corrected chi connectivity index (χ1v) is 16.0. The minimum Gasteiger partial charge on any atom is -0.493 e. The number of amides is 6. The molecule has 6 amide bonds. The van der Waals surface area contributed by atoms with Crippen molar-refractivity contribution in [3.05, 3.63) is 102 Å². The fraction of sp³-hybridized carbons (Fsp3) is 0.118. The Morgan fingerprint density at radius 3 is 1.73 bits per heavy atom. The van der Waals surface area contributed by atoms with Gasteiger partial charge in [0, 0.05) is 29.5 Å². The van der Waals surface area contributed by atoms with Crippen LogP contribution in [0.5, 0.6) is 11.5 Å². The Bertz CT molecular complexity index is 1890. The number of thiophene rings is 2. The highest BCUT2D eigenvalue weighted by atomic mass is 32.1. The van der Waals surface area contributed by atoms with Gasteiger partial charge >= 0.3 is 12.1 Å². The summed E-state index contributed by atoms with van der Waals surface area (Å²) in [7, 11) is 6.18. The van der Waals surface area contributed by atoms with Crippen LogP contribution in [0, 0.1) is 0 Å². The van der Waals surface area contributed by atoms with E-state index in [0.29, 0.717) is 38.3 Å². The molecule has 0 aliphatic heterocycles. The molecule has 2 aromatic heterocycles. The highest BCUT2D eigenvalue weighted by molar-refractivity contribution is 7.20. The van der Waals surface area contributed by atoms with Crippen LogP contribution in [0.2, 0.25) is 0 Å². The second-order valence-electron chi connectivity index (χ2n) is 9.74. The van der Waals surface area contributed by atoms with Crippen LogP contribution in [0.25, 0.3) is 20.9 Å². The SMILES string of the molecule is CNC(=O)Nc1sc(-c2ccc(OC)c(OC)c2)cc1C(=O)NC.NC(=O)Nc1sc(-c2ccccc2)cc1C(=O)Nc1ccccc1. The monoisotopic (exact) mass is 686 g/mol. The van der Waals surface area contributed by atoms with Crippen molar-refractivity contribution >= 4 is 62.2 Å². The Morgan fingerprint density at radius 2 is 1.17 bits per heavy atom. The van der Waals surface area contributed by atoms with Gasteiger partial charge in [0.2, 0.25) is 0 Å². The molecule has 5 aromatic rings. The van der Waals surface area contributed by atoms with Gasteiger partial charge in [0.25, 0.3) is 11.8 Å². The van der Waals surface area contributed by atoms with Crippen molar-refractivity contribution in [3.63, 3.8) is 0 Å². The number of ether oxygens (including phenoxy) is 2. The summed E-state index contributed by atoms with van der Waals surface area (Å²) in [5.74, 6) is 0.631. The lowest BCUT2D eigenvalue weighted by Gasteiger charge is -2.08. The second kappa shape index (κ2) is 16.6. The summed E-state index contributed by atoms with van der Waals surface area (Å²) in [6, 6.07) is 26.6. The number of hydrogen-bond acceptors (Lipinski definition) is 8. The van der Waals surface area contributed by atoms with Gasteiger partial charge in [-0.1, -0.05) is 48.5 Å². The normalized spacial score (nSPS) is 10.1. The van der Waals surface area contributed by atoms with Crippen LogP contribution in [0.4, 0.5) is 25.3 Å². The number of benzene rings is 3. The van der Waals surface area contributed by atoms with Gasteiger partial charge in [0.1, 0.15) is 10.0 Å². The molecule has 0 saturated carbocycles. The molecule has 2 heterocycles. The Hall–Kier alpha value is -5.86. The number of para-hydroxylation sites is 1. The van der Waals surface area contributed by atoms with Crippen LogP contribution < -0.4 is 41.8 Å². The second-order valence-corrected chi connectivity index (χ2v) is 11.8. The number of carbonyl (C=O) groups excluding carboxylic acids is 4.